The molecule has 1 aliphatic rings. The fourth-order valence-corrected chi connectivity index (χ4v) is 0.986. The number of rotatable bonds is 1. The van der Waals surface area contributed by atoms with Crippen molar-refractivity contribution in [2.45, 2.75) is 32.4 Å². The van der Waals surface area contributed by atoms with Gasteiger partial charge < -0.3 is 10.1 Å². The predicted octanol–water partition coefficient (Wildman–Crippen LogP) is -0.486. The van der Waals surface area contributed by atoms with Gasteiger partial charge in [0.25, 0.3) is 5.91 Å². The van der Waals surface area contributed by atoms with E-state index in [1.807, 2.05) is 0 Å². The first-order valence-electron chi connectivity index (χ1n) is 4.41. The molecule has 0 spiro atoms. The Hall–Kier alpha value is -1.30. The molecule has 1 atom stereocenters. The molecule has 3 N–H and O–H groups in total. The lowest BCUT2D eigenvalue weighted by Crippen LogP contribution is -2.44. The zero-order valence-electron chi connectivity index (χ0n) is 8.51. The first kappa shape index (κ1) is 10.8. The molecule has 1 aliphatic heterocycles. The number of hydrogen-bond donors (Lipinski definition) is 3. The van der Waals surface area contributed by atoms with Crippen molar-refractivity contribution in [3.8, 4) is 0 Å². The number of hydrazine groups is 1. The summed E-state index contributed by atoms with van der Waals surface area (Å²) in [7, 11) is 0. The summed E-state index contributed by atoms with van der Waals surface area (Å²) in [6.07, 6.45) is -0.582. The zero-order chi connectivity index (χ0) is 10.8. The van der Waals surface area contributed by atoms with Crippen LogP contribution in [0.4, 0.5) is 4.79 Å². The third-order valence-electron chi connectivity index (χ3n) is 1.53. The van der Waals surface area contributed by atoms with Gasteiger partial charge in [-0.1, -0.05) is 0 Å². The highest BCUT2D eigenvalue weighted by Crippen LogP contribution is 2.06. The molecule has 0 unspecified atom stereocenters. The van der Waals surface area contributed by atoms with Gasteiger partial charge in [0.15, 0.2) is 0 Å². The van der Waals surface area contributed by atoms with Gasteiger partial charge in [0.05, 0.1) is 0 Å². The van der Waals surface area contributed by atoms with Crippen LogP contribution < -0.4 is 16.2 Å². The third kappa shape index (κ3) is 3.21. The number of amides is 2. The van der Waals surface area contributed by atoms with Gasteiger partial charge in [0.2, 0.25) is 0 Å². The number of carbonyl (C=O) groups excluding carboxylic acids is 2. The van der Waals surface area contributed by atoms with Crippen molar-refractivity contribution < 1.29 is 14.3 Å². The first-order chi connectivity index (χ1) is 6.38. The van der Waals surface area contributed by atoms with E-state index in [0.717, 1.165) is 0 Å². The Morgan fingerprint density at radius 3 is 2.64 bits per heavy atom. The molecule has 6 heteroatoms. The highest BCUT2D eigenvalue weighted by molar-refractivity contribution is 5.87. The molecule has 0 aromatic rings. The lowest BCUT2D eigenvalue weighted by Gasteiger charge is -2.20. The first-order valence-corrected chi connectivity index (χ1v) is 4.41. The fraction of sp³-hybridized carbons (Fsp3) is 0.750. The molecule has 80 valence electrons. The highest BCUT2D eigenvalue weighted by Gasteiger charge is 2.27. The van der Waals surface area contributed by atoms with E-state index < -0.39 is 17.7 Å². The minimum Gasteiger partial charge on any atom is -0.444 e. The minimum absolute atomic E-state index is 0.254. The molecule has 2 amide bonds. The molecule has 14 heavy (non-hydrogen) atoms. The molecule has 1 saturated heterocycles. The van der Waals surface area contributed by atoms with Gasteiger partial charge >= 0.3 is 6.09 Å². The summed E-state index contributed by atoms with van der Waals surface area (Å²) < 4.78 is 4.99. The summed E-state index contributed by atoms with van der Waals surface area (Å²) >= 11 is 0. The van der Waals surface area contributed by atoms with Crippen LogP contribution in [0.5, 0.6) is 0 Å². The van der Waals surface area contributed by atoms with Crippen LogP contribution in [-0.2, 0) is 9.53 Å². The molecular weight excluding hydrogens is 186 g/mol. The topological polar surface area (TPSA) is 79.5 Å². The molecule has 1 heterocycles. The van der Waals surface area contributed by atoms with Gasteiger partial charge in [0.1, 0.15) is 11.6 Å². The summed E-state index contributed by atoms with van der Waals surface area (Å²) in [6, 6.07) is -0.551. The van der Waals surface area contributed by atoms with Crippen molar-refractivity contribution in [1.29, 1.82) is 0 Å². The van der Waals surface area contributed by atoms with Gasteiger partial charge in [-0.2, -0.15) is 0 Å². The lowest BCUT2D eigenvalue weighted by molar-refractivity contribution is -0.121. The van der Waals surface area contributed by atoms with Gasteiger partial charge in [-0.15, -0.1) is 0 Å². The molecule has 0 bridgehead atoms. The smallest absolute Gasteiger partial charge is 0.408 e. The molecule has 0 radical (unpaired) electrons. The molecule has 0 aliphatic carbocycles. The number of carbonyl (C=O) groups is 2. The van der Waals surface area contributed by atoms with E-state index in [1.165, 1.54) is 0 Å². The third-order valence-corrected chi connectivity index (χ3v) is 1.53. The summed E-state index contributed by atoms with van der Waals surface area (Å²) in [6.45, 7) is 5.66. The van der Waals surface area contributed by atoms with Gasteiger partial charge in [-0.05, 0) is 20.8 Å². The van der Waals surface area contributed by atoms with Gasteiger partial charge in [-0.3, -0.25) is 10.2 Å². The molecule has 0 aromatic heterocycles. The van der Waals surface area contributed by atoms with E-state index >= 15 is 0 Å². The van der Waals surface area contributed by atoms with Crippen LogP contribution in [0.2, 0.25) is 0 Å². The van der Waals surface area contributed by atoms with Crippen LogP contribution in [0.15, 0.2) is 0 Å². The molecule has 0 aromatic carbocycles. The Morgan fingerprint density at radius 2 is 2.21 bits per heavy atom. The summed E-state index contributed by atoms with van der Waals surface area (Å²) in [5.41, 5.74) is 4.45. The average molecular weight is 201 g/mol. The highest BCUT2D eigenvalue weighted by atomic mass is 16.6. The van der Waals surface area contributed by atoms with E-state index in [2.05, 4.69) is 16.2 Å². The number of ether oxygens (including phenoxy) is 1. The van der Waals surface area contributed by atoms with Crippen molar-refractivity contribution in [3.05, 3.63) is 0 Å². The number of nitrogens with one attached hydrogen (secondary N) is 3. The summed E-state index contributed by atoms with van der Waals surface area (Å²) in [5.74, 6) is -0.254. The van der Waals surface area contributed by atoms with Crippen molar-refractivity contribution >= 4 is 12.0 Å². The van der Waals surface area contributed by atoms with Crippen molar-refractivity contribution in [2.75, 3.05) is 6.54 Å². The maximum absolute atomic E-state index is 11.2. The maximum atomic E-state index is 11.2. The Kier molecular flexibility index (Phi) is 2.95. The van der Waals surface area contributed by atoms with Crippen molar-refractivity contribution in [2.24, 2.45) is 0 Å². The van der Waals surface area contributed by atoms with E-state index in [1.54, 1.807) is 20.8 Å². The largest absolute Gasteiger partial charge is 0.444 e. The predicted molar refractivity (Wildman–Crippen MR) is 49.3 cm³/mol. The second-order valence-electron chi connectivity index (χ2n) is 4.07. The van der Waals surface area contributed by atoms with Crippen molar-refractivity contribution in [1.82, 2.24) is 16.2 Å². The van der Waals surface area contributed by atoms with E-state index in [9.17, 15) is 9.59 Å². The number of hydrogen-bond acceptors (Lipinski definition) is 4. The van der Waals surface area contributed by atoms with E-state index in [4.69, 9.17) is 4.74 Å². The number of alkyl carbamates (subject to hydrolysis) is 1. The zero-order valence-corrected chi connectivity index (χ0v) is 8.51. The lowest BCUT2D eigenvalue weighted by atomic mass is 10.2. The molecule has 6 nitrogen and oxygen atoms in total. The maximum Gasteiger partial charge on any atom is 0.408 e. The summed E-state index contributed by atoms with van der Waals surface area (Å²) in [5, 5.41) is 2.45. The van der Waals surface area contributed by atoms with Crippen molar-refractivity contribution in [3.63, 3.8) is 0 Å². The second kappa shape index (κ2) is 3.83. The van der Waals surface area contributed by atoms with Crippen LogP contribution >= 0.6 is 0 Å². The molecule has 1 rings (SSSR count). The molecule has 0 saturated carbocycles. The van der Waals surface area contributed by atoms with Crippen LogP contribution in [0.1, 0.15) is 20.8 Å². The summed E-state index contributed by atoms with van der Waals surface area (Å²) in [4.78, 5) is 22.3. The van der Waals surface area contributed by atoms with Crippen LogP contribution in [0.25, 0.3) is 0 Å². The van der Waals surface area contributed by atoms with Crippen LogP contribution in [-0.4, -0.2) is 30.2 Å². The normalized spacial score (nSPS) is 21.6. The SMILES string of the molecule is CC(C)(C)OC(=O)N[C@H]1CNNC1=O. The Balaban J connectivity index is 2.37. The van der Waals surface area contributed by atoms with E-state index in [0.29, 0.717) is 6.54 Å². The fourth-order valence-electron chi connectivity index (χ4n) is 0.986. The standard InChI is InChI=1S/C8H15N3O3/c1-8(2,3)14-7(13)10-5-4-9-11-6(5)12/h5,9H,4H2,1-3H3,(H,10,13)(H,11,12)/t5-/m0/s1. The van der Waals surface area contributed by atoms with Gasteiger partial charge in [0, 0.05) is 6.54 Å². The quantitative estimate of drug-likeness (QED) is 0.535. The monoisotopic (exact) mass is 201 g/mol. The van der Waals surface area contributed by atoms with Gasteiger partial charge in [-0.25, -0.2) is 10.2 Å². The van der Waals surface area contributed by atoms with Crippen LogP contribution in [0, 0.1) is 0 Å². The minimum atomic E-state index is -0.582. The Bertz CT molecular complexity index is 247. The second-order valence-corrected chi connectivity index (χ2v) is 4.07. The Labute approximate surface area is 82.3 Å². The van der Waals surface area contributed by atoms with Crippen LogP contribution in [0.3, 0.4) is 0 Å². The average Bonchev–Trinajstić information content (AvgIpc) is 2.32. The van der Waals surface area contributed by atoms with E-state index in [-0.39, 0.29) is 5.91 Å². The Morgan fingerprint density at radius 1 is 1.57 bits per heavy atom. The molecular formula is C8H15N3O3. The molecule has 1 fully saturated rings.